The summed E-state index contributed by atoms with van der Waals surface area (Å²) in [4.78, 5) is 13.9. The molecule has 0 radical (unpaired) electrons. The van der Waals surface area contributed by atoms with Crippen LogP contribution in [0.15, 0.2) is 29.4 Å². The van der Waals surface area contributed by atoms with Crippen LogP contribution >= 0.6 is 11.8 Å². The summed E-state index contributed by atoms with van der Waals surface area (Å²) in [6.07, 6.45) is 4.93. The van der Waals surface area contributed by atoms with E-state index in [-0.39, 0.29) is 5.97 Å². The first-order valence-corrected chi connectivity index (χ1v) is 9.75. The quantitative estimate of drug-likeness (QED) is 0.583. The first-order chi connectivity index (χ1) is 12.3. The van der Waals surface area contributed by atoms with E-state index < -0.39 is 0 Å². The lowest BCUT2D eigenvalue weighted by Gasteiger charge is -2.17. The van der Waals surface area contributed by atoms with Crippen molar-refractivity contribution in [3.63, 3.8) is 0 Å². The number of thioether (sulfide) groups is 1. The average Bonchev–Trinajstić information content (AvgIpc) is 3.18. The number of rotatable bonds is 6. The van der Waals surface area contributed by atoms with Crippen LogP contribution in [-0.4, -0.2) is 40.9 Å². The van der Waals surface area contributed by atoms with Crippen LogP contribution in [0.4, 0.5) is 5.95 Å². The van der Waals surface area contributed by atoms with E-state index in [9.17, 15) is 4.79 Å². The standard InChI is InChI=1S/C18H22N4O2S/c1-24-16(23)14-6-4-13(5-7-14)12-25-18-20-19-17(21-10-2-3-11-21)22(18)15-8-9-15/h4-7,15H,2-3,8-12H2,1H3. The Labute approximate surface area is 151 Å². The molecule has 1 aliphatic heterocycles. The highest BCUT2D eigenvalue weighted by molar-refractivity contribution is 7.98. The zero-order chi connectivity index (χ0) is 17.2. The van der Waals surface area contributed by atoms with Crippen LogP contribution in [0.1, 0.15) is 47.6 Å². The first kappa shape index (κ1) is 16.4. The van der Waals surface area contributed by atoms with E-state index in [0.29, 0.717) is 11.6 Å². The van der Waals surface area contributed by atoms with Crippen molar-refractivity contribution in [2.75, 3.05) is 25.1 Å². The molecule has 1 saturated carbocycles. The second-order valence-electron chi connectivity index (χ2n) is 6.56. The van der Waals surface area contributed by atoms with Crippen molar-refractivity contribution >= 4 is 23.7 Å². The molecule has 0 atom stereocenters. The van der Waals surface area contributed by atoms with E-state index in [0.717, 1.165) is 35.5 Å². The molecule has 0 N–H and O–H groups in total. The predicted molar refractivity (Wildman–Crippen MR) is 97.1 cm³/mol. The Hall–Kier alpha value is -2.02. The van der Waals surface area contributed by atoms with Gasteiger partial charge in [-0.05, 0) is 43.4 Å². The van der Waals surface area contributed by atoms with Crippen LogP contribution < -0.4 is 4.90 Å². The summed E-state index contributed by atoms with van der Waals surface area (Å²) in [6, 6.07) is 8.12. The molecule has 2 fully saturated rings. The number of benzene rings is 1. The Morgan fingerprint density at radius 2 is 1.92 bits per heavy atom. The summed E-state index contributed by atoms with van der Waals surface area (Å²) >= 11 is 1.71. The first-order valence-electron chi connectivity index (χ1n) is 8.76. The number of esters is 1. The molecule has 1 aliphatic carbocycles. The van der Waals surface area contributed by atoms with Crippen molar-refractivity contribution < 1.29 is 9.53 Å². The molecule has 4 rings (SSSR count). The minimum Gasteiger partial charge on any atom is -0.465 e. The number of carbonyl (C=O) groups is 1. The average molecular weight is 358 g/mol. The minimum absolute atomic E-state index is 0.303. The maximum Gasteiger partial charge on any atom is 0.337 e. The maximum absolute atomic E-state index is 11.5. The molecule has 7 heteroatoms. The molecule has 2 heterocycles. The minimum atomic E-state index is -0.303. The monoisotopic (exact) mass is 358 g/mol. The van der Waals surface area contributed by atoms with Gasteiger partial charge in [-0.1, -0.05) is 23.9 Å². The fourth-order valence-electron chi connectivity index (χ4n) is 3.16. The number of methoxy groups -OCH3 is 1. The van der Waals surface area contributed by atoms with Crippen LogP contribution in [0.2, 0.25) is 0 Å². The third kappa shape index (κ3) is 3.51. The number of aromatic nitrogens is 3. The van der Waals surface area contributed by atoms with Gasteiger partial charge in [0.05, 0.1) is 12.7 Å². The Morgan fingerprint density at radius 3 is 2.56 bits per heavy atom. The lowest BCUT2D eigenvalue weighted by atomic mass is 10.1. The zero-order valence-electron chi connectivity index (χ0n) is 14.4. The van der Waals surface area contributed by atoms with Crippen LogP contribution in [0.5, 0.6) is 0 Å². The lowest BCUT2D eigenvalue weighted by molar-refractivity contribution is 0.0600. The zero-order valence-corrected chi connectivity index (χ0v) is 15.2. The van der Waals surface area contributed by atoms with Crippen molar-refractivity contribution in [3.8, 4) is 0 Å². The van der Waals surface area contributed by atoms with Crippen molar-refractivity contribution in [1.29, 1.82) is 0 Å². The number of hydrogen-bond acceptors (Lipinski definition) is 6. The van der Waals surface area contributed by atoms with Crippen LogP contribution in [0.3, 0.4) is 0 Å². The number of ether oxygens (including phenoxy) is 1. The Morgan fingerprint density at radius 1 is 1.20 bits per heavy atom. The van der Waals surface area contributed by atoms with Gasteiger partial charge in [-0.25, -0.2) is 4.79 Å². The van der Waals surface area contributed by atoms with Crippen molar-refractivity contribution in [2.24, 2.45) is 0 Å². The smallest absolute Gasteiger partial charge is 0.337 e. The topological polar surface area (TPSA) is 60.2 Å². The van der Waals surface area contributed by atoms with Gasteiger partial charge in [0.1, 0.15) is 0 Å². The molecule has 1 aromatic heterocycles. The summed E-state index contributed by atoms with van der Waals surface area (Å²) < 4.78 is 7.07. The molecule has 2 aromatic rings. The second kappa shape index (κ2) is 7.07. The molecule has 1 aromatic carbocycles. The third-order valence-electron chi connectivity index (χ3n) is 4.69. The fourth-order valence-corrected chi connectivity index (χ4v) is 4.11. The molecule has 132 valence electrons. The number of anilines is 1. The van der Waals surface area contributed by atoms with Gasteiger partial charge in [0.15, 0.2) is 5.16 Å². The van der Waals surface area contributed by atoms with E-state index in [2.05, 4.69) is 19.7 Å². The van der Waals surface area contributed by atoms with Crippen molar-refractivity contribution in [1.82, 2.24) is 14.8 Å². The van der Waals surface area contributed by atoms with Crippen LogP contribution in [0, 0.1) is 0 Å². The molecule has 2 aliphatic rings. The lowest BCUT2D eigenvalue weighted by Crippen LogP contribution is -2.22. The molecule has 6 nitrogen and oxygen atoms in total. The van der Waals surface area contributed by atoms with E-state index in [4.69, 9.17) is 4.74 Å². The Balaban J connectivity index is 1.46. The Bertz CT molecular complexity index is 749. The van der Waals surface area contributed by atoms with E-state index in [1.165, 1.54) is 32.8 Å². The summed E-state index contributed by atoms with van der Waals surface area (Å²) in [6.45, 7) is 2.18. The fraction of sp³-hybridized carbons (Fsp3) is 0.500. The van der Waals surface area contributed by atoms with E-state index in [1.54, 1.807) is 11.8 Å². The molecular weight excluding hydrogens is 336 g/mol. The van der Waals surface area contributed by atoms with Crippen LogP contribution in [0.25, 0.3) is 0 Å². The van der Waals surface area contributed by atoms with Gasteiger partial charge in [-0.2, -0.15) is 0 Å². The van der Waals surface area contributed by atoms with Gasteiger partial charge >= 0.3 is 5.97 Å². The maximum atomic E-state index is 11.5. The summed E-state index contributed by atoms with van der Waals surface area (Å²) in [5.74, 6) is 1.55. The van der Waals surface area contributed by atoms with E-state index >= 15 is 0 Å². The molecular formula is C18H22N4O2S. The molecule has 0 bridgehead atoms. The molecule has 0 spiro atoms. The van der Waals surface area contributed by atoms with Crippen molar-refractivity contribution in [3.05, 3.63) is 35.4 Å². The van der Waals surface area contributed by atoms with Crippen molar-refractivity contribution in [2.45, 2.75) is 42.6 Å². The summed E-state index contributed by atoms with van der Waals surface area (Å²) in [5.41, 5.74) is 1.74. The van der Waals surface area contributed by atoms with Gasteiger partial charge in [0.25, 0.3) is 0 Å². The largest absolute Gasteiger partial charge is 0.465 e. The summed E-state index contributed by atoms with van der Waals surface area (Å²) in [5, 5.41) is 9.93. The molecule has 25 heavy (non-hydrogen) atoms. The second-order valence-corrected chi connectivity index (χ2v) is 7.50. The highest BCUT2D eigenvalue weighted by Gasteiger charge is 2.32. The van der Waals surface area contributed by atoms with Gasteiger partial charge in [0, 0.05) is 24.9 Å². The molecule has 1 saturated heterocycles. The SMILES string of the molecule is COC(=O)c1ccc(CSc2nnc(N3CCCC3)n2C2CC2)cc1. The number of carbonyl (C=O) groups excluding carboxylic acids is 1. The Kier molecular flexibility index (Phi) is 4.65. The highest BCUT2D eigenvalue weighted by atomic mass is 32.2. The normalized spacial score (nSPS) is 17.1. The highest BCUT2D eigenvalue weighted by Crippen LogP contribution is 2.41. The third-order valence-corrected chi connectivity index (χ3v) is 5.70. The van der Waals surface area contributed by atoms with Gasteiger partial charge in [-0.15, -0.1) is 10.2 Å². The summed E-state index contributed by atoms with van der Waals surface area (Å²) in [7, 11) is 1.40. The van der Waals surface area contributed by atoms with Crippen LogP contribution in [-0.2, 0) is 10.5 Å². The van der Waals surface area contributed by atoms with Gasteiger partial charge in [-0.3, -0.25) is 4.57 Å². The predicted octanol–water partition coefficient (Wildman–Crippen LogP) is 3.29. The molecule has 0 amide bonds. The number of hydrogen-bond donors (Lipinski definition) is 0. The van der Waals surface area contributed by atoms with Gasteiger partial charge in [0.2, 0.25) is 5.95 Å². The molecule has 0 unspecified atom stereocenters. The van der Waals surface area contributed by atoms with Gasteiger partial charge < -0.3 is 9.64 Å². The van der Waals surface area contributed by atoms with E-state index in [1.807, 2.05) is 24.3 Å². The number of nitrogens with zero attached hydrogens (tertiary/aromatic N) is 4.